The highest BCUT2D eigenvalue weighted by molar-refractivity contribution is 5.89. The SMILES string of the molecule is COC(=O)c1ccc([C@H](C)NC(=O)[C@H]2COCCN2Cc2cccc(-c3ccc(O)cc3)c2)cc1. The lowest BCUT2D eigenvalue weighted by Crippen LogP contribution is -2.53. The van der Waals surface area contributed by atoms with E-state index < -0.39 is 12.0 Å². The predicted octanol–water partition coefficient (Wildman–Crippen LogP) is 3.92. The number of carbonyl (C=O) groups excluding carboxylic acids is 2. The Hall–Kier alpha value is -3.68. The zero-order valence-corrected chi connectivity index (χ0v) is 19.9. The van der Waals surface area contributed by atoms with E-state index in [9.17, 15) is 14.7 Å². The molecule has 7 nitrogen and oxygen atoms in total. The van der Waals surface area contributed by atoms with E-state index in [1.807, 2.05) is 43.3 Å². The van der Waals surface area contributed by atoms with E-state index in [2.05, 4.69) is 22.3 Å². The molecule has 4 rings (SSSR count). The third kappa shape index (κ3) is 6.07. The second kappa shape index (κ2) is 11.2. The number of nitrogens with one attached hydrogen (secondary N) is 1. The molecule has 0 spiro atoms. The summed E-state index contributed by atoms with van der Waals surface area (Å²) in [5.41, 5.74) is 4.54. The van der Waals surface area contributed by atoms with E-state index in [-0.39, 0.29) is 17.7 Å². The van der Waals surface area contributed by atoms with Crippen LogP contribution < -0.4 is 5.32 Å². The van der Waals surface area contributed by atoms with Gasteiger partial charge in [0.15, 0.2) is 0 Å². The lowest BCUT2D eigenvalue weighted by molar-refractivity contribution is -0.133. The van der Waals surface area contributed by atoms with Gasteiger partial charge in [0.2, 0.25) is 5.91 Å². The average molecular weight is 475 g/mol. The Morgan fingerprint density at radius 1 is 1.09 bits per heavy atom. The van der Waals surface area contributed by atoms with Crippen molar-refractivity contribution in [2.45, 2.75) is 25.6 Å². The normalized spacial score (nSPS) is 16.9. The van der Waals surface area contributed by atoms with Crippen LogP contribution in [0.1, 0.15) is 34.5 Å². The quantitative estimate of drug-likeness (QED) is 0.505. The van der Waals surface area contributed by atoms with Crippen LogP contribution in [0.25, 0.3) is 11.1 Å². The van der Waals surface area contributed by atoms with Crippen LogP contribution >= 0.6 is 0 Å². The van der Waals surface area contributed by atoms with Crippen LogP contribution in [0.15, 0.2) is 72.8 Å². The number of esters is 1. The maximum absolute atomic E-state index is 13.2. The molecule has 0 bridgehead atoms. The summed E-state index contributed by atoms with van der Waals surface area (Å²) in [5.74, 6) is -0.248. The highest BCUT2D eigenvalue weighted by Crippen LogP contribution is 2.24. The molecule has 0 aliphatic carbocycles. The zero-order valence-electron chi connectivity index (χ0n) is 19.9. The van der Waals surface area contributed by atoms with Gasteiger partial charge in [-0.05, 0) is 59.5 Å². The first-order chi connectivity index (χ1) is 16.9. The van der Waals surface area contributed by atoms with Crippen molar-refractivity contribution in [3.8, 4) is 16.9 Å². The average Bonchev–Trinajstić information content (AvgIpc) is 2.89. The van der Waals surface area contributed by atoms with Crippen molar-refractivity contribution in [3.63, 3.8) is 0 Å². The highest BCUT2D eigenvalue weighted by atomic mass is 16.5. The predicted molar refractivity (Wildman–Crippen MR) is 133 cm³/mol. The van der Waals surface area contributed by atoms with Gasteiger partial charge in [-0.25, -0.2) is 4.79 Å². The summed E-state index contributed by atoms with van der Waals surface area (Å²) in [6.45, 7) is 4.10. The highest BCUT2D eigenvalue weighted by Gasteiger charge is 2.30. The van der Waals surface area contributed by atoms with Crippen molar-refractivity contribution >= 4 is 11.9 Å². The van der Waals surface area contributed by atoms with Crippen molar-refractivity contribution < 1.29 is 24.2 Å². The second-order valence-corrected chi connectivity index (χ2v) is 8.65. The summed E-state index contributed by atoms with van der Waals surface area (Å²) < 4.78 is 10.4. The van der Waals surface area contributed by atoms with Crippen molar-refractivity contribution in [3.05, 3.63) is 89.5 Å². The number of ether oxygens (including phenoxy) is 2. The molecule has 3 aromatic carbocycles. The molecule has 1 aliphatic rings. The second-order valence-electron chi connectivity index (χ2n) is 8.65. The maximum atomic E-state index is 13.2. The Bertz CT molecular complexity index is 1160. The molecule has 2 atom stereocenters. The number of nitrogens with zero attached hydrogens (tertiary/aromatic N) is 1. The number of hydrogen-bond donors (Lipinski definition) is 2. The number of phenolic OH excluding ortho intramolecular Hbond substituents is 1. The zero-order chi connectivity index (χ0) is 24.8. The molecule has 1 heterocycles. The number of hydrogen-bond acceptors (Lipinski definition) is 6. The number of aromatic hydroxyl groups is 1. The van der Waals surface area contributed by atoms with Gasteiger partial charge >= 0.3 is 5.97 Å². The van der Waals surface area contributed by atoms with Gasteiger partial charge in [-0.3, -0.25) is 9.69 Å². The molecular formula is C28H30N2O5. The van der Waals surface area contributed by atoms with Crippen LogP contribution in [-0.2, 0) is 20.8 Å². The topological polar surface area (TPSA) is 88.1 Å². The number of benzene rings is 3. The third-order valence-electron chi connectivity index (χ3n) is 6.25. The van der Waals surface area contributed by atoms with Crippen molar-refractivity contribution in [2.24, 2.45) is 0 Å². The molecule has 0 unspecified atom stereocenters. The fourth-order valence-electron chi connectivity index (χ4n) is 4.23. The van der Waals surface area contributed by atoms with E-state index in [0.717, 1.165) is 22.3 Å². The maximum Gasteiger partial charge on any atom is 0.337 e. The fraction of sp³-hybridized carbons (Fsp3) is 0.286. The number of methoxy groups -OCH3 is 1. The van der Waals surface area contributed by atoms with E-state index in [1.165, 1.54) is 7.11 Å². The van der Waals surface area contributed by atoms with Gasteiger partial charge in [0.25, 0.3) is 0 Å². The molecule has 0 saturated carbocycles. The lowest BCUT2D eigenvalue weighted by Gasteiger charge is -2.35. The van der Waals surface area contributed by atoms with Gasteiger partial charge in [-0.1, -0.05) is 42.5 Å². The van der Waals surface area contributed by atoms with E-state index in [1.54, 1.807) is 24.3 Å². The fourth-order valence-corrected chi connectivity index (χ4v) is 4.23. The molecule has 35 heavy (non-hydrogen) atoms. The molecule has 1 amide bonds. The van der Waals surface area contributed by atoms with Gasteiger partial charge in [-0.15, -0.1) is 0 Å². The van der Waals surface area contributed by atoms with Gasteiger partial charge < -0.3 is 19.9 Å². The Morgan fingerprint density at radius 3 is 2.54 bits per heavy atom. The minimum Gasteiger partial charge on any atom is -0.508 e. The number of amides is 1. The third-order valence-corrected chi connectivity index (χ3v) is 6.25. The van der Waals surface area contributed by atoms with Crippen LogP contribution in [0.5, 0.6) is 5.75 Å². The largest absolute Gasteiger partial charge is 0.508 e. The summed E-state index contributed by atoms with van der Waals surface area (Å²) in [7, 11) is 1.35. The summed E-state index contributed by atoms with van der Waals surface area (Å²) in [5, 5.41) is 12.6. The van der Waals surface area contributed by atoms with Gasteiger partial charge in [0.05, 0.1) is 31.9 Å². The number of morpholine rings is 1. The number of phenols is 1. The molecule has 0 radical (unpaired) electrons. The van der Waals surface area contributed by atoms with Crippen molar-refractivity contribution in [1.29, 1.82) is 0 Å². The molecule has 1 saturated heterocycles. The first-order valence-corrected chi connectivity index (χ1v) is 11.6. The van der Waals surface area contributed by atoms with Crippen LogP contribution in [0, 0.1) is 0 Å². The van der Waals surface area contributed by atoms with Crippen molar-refractivity contribution in [1.82, 2.24) is 10.2 Å². The van der Waals surface area contributed by atoms with Gasteiger partial charge in [-0.2, -0.15) is 0 Å². The van der Waals surface area contributed by atoms with E-state index in [4.69, 9.17) is 9.47 Å². The van der Waals surface area contributed by atoms with Crippen LogP contribution in [0.4, 0.5) is 0 Å². The Kier molecular flexibility index (Phi) is 7.80. The minimum atomic E-state index is -0.405. The molecule has 1 fully saturated rings. The Labute approximate surface area is 205 Å². The monoisotopic (exact) mass is 474 g/mol. The van der Waals surface area contributed by atoms with E-state index in [0.29, 0.717) is 31.9 Å². The Morgan fingerprint density at radius 2 is 1.83 bits per heavy atom. The van der Waals surface area contributed by atoms with Crippen molar-refractivity contribution in [2.75, 3.05) is 26.9 Å². The van der Waals surface area contributed by atoms with Gasteiger partial charge in [0, 0.05) is 13.1 Å². The van der Waals surface area contributed by atoms with Crippen LogP contribution in [0.3, 0.4) is 0 Å². The molecule has 2 N–H and O–H groups in total. The minimum absolute atomic E-state index is 0.0936. The summed E-state index contributed by atoms with van der Waals surface area (Å²) in [6.07, 6.45) is 0. The molecule has 7 heteroatoms. The Balaban J connectivity index is 1.43. The summed E-state index contributed by atoms with van der Waals surface area (Å²) in [6, 6.07) is 21.7. The molecule has 182 valence electrons. The molecule has 0 aromatic heterocycles. The van der Waals surface area contributed by atoms with Crippen LogP contribution in [-0.4, -0.2) is 54.8 Å². The first kappa shape index (κ1) is 24.4. The lowest BCUT2D eigenvalue weighted by atomic mass is 10.0. The van der Waals surface area contributed by atoms with Gasteiger partial charge in [0.1, 0.15) is 11.8 Å². The molecule has 1 aliphatic heterocycles. The smallest absolute Gasteiger partial charge is 0.337 e. The van der Waals surface area contributed by atoms with Crippen LogP contribution in [0.2, 0.25) is 0 Å². The number of rotatable bonds is 7. The molecular weight excluding hydrogens is 444 g/mol. The van der Waals surface area contributed by atoms with E-state index >= 15 is 0 Å². The standard InChI is InChI=1S/C28H30N2O5/c1-19(21-6-8-23(9-7-21)28(33)34-2)29-27(32)26-18-35-15-14-30(26)17-20-4-3-5-24(16-20)22-10-12-25(31)13-11-22/h3-13,16,19,26,31H,14-15,17-18H2,1-2H3,(H,29,32)/t19-,26+/m0/s1. The summed E-state index contributed by atoms with van der Waals surface area (Å²) >= 11 is 0. The summed E-state index contributed by atoms with van der Waals surface area (Å²) in [4.78, 5) is 27.0. The first-order valence-electron chi connectivity index (χ1n) is 11.6. The number of carbonyl (C=O) groups is 2. The molecule has 3 aromatic rings.